The number of carbonyl (C=O) groups is 3. The number of rotatable bonds is 5. The van der Waals surface area contributed by atoms with Crippen LogP contribution in [0.3, 0.4) is 0 Å². The SMILES string of the molecule is CS(=O)(=O)N1CCC(NC(=O)CCN2C(=O)c3ccccc3C2=O)CC1. The number of benzene rings is 1. The van der Waals surface area contributed by atoms with Gasteiger partial charge in [-0.3, -0.25) is 19.3 Å². The summed E-state index contributed by atoms with van der Waals surface area (Å²) in [6.07, 6.45) is 2.30. The van der Waals surface area contributed by atoms with Gasteiger partial charge in [0.1, 0.15) is 0 Å². The first-order chi connectivity index (χ1) is 12.3. The Morgan fingerprint density at radius 3 is 2.15 bits per heavy atom. The maximum atomic E-state index is 12.3. The molecule has 1 aromatic carbocycles. The Morgan fingerprint density at radius 2 is 1.65 bits per heavy atom. The molecule has 0 atom stereocenters. The van der Waals surface area contributed by atoms with Gasteiger partial charge in [0.15, 0.2) is 0 Å². The van der Waals surface area contributed by atoms with E-state index in [1.165, 1.54) is 10.6 Å². The third kappa shape index (κ3) is 3.78. The molecular weight excluding hydrogens is 358 g/mol. The largest absolute Gasteiger partial charge is 0.353 e. The lowest BCUT2D eigenvalue weighted by molar-refractivity contribution is -0.122. The van der Waals surface area contributed by atoms with E-state index >= 15 is 0 Å². The summed E-state index contributed by atoms with van der Waals surface area (Å²) in [5.41, 5.74) is 0.733. The topological polar surface area (TPSA) is 104 Å². The molecule has 0 unspecified atom stereocenters. The molecule has 2 heterocycles. The van der Waals surface area contributed by atoms with Gasteiger partial charge in [-0.05, 0) is 25.0 Å². The summed E-state index contributed by atoms with van der Waals surface area (Å²) in [6, 6.07) is 6.51. The van der Waals surface area contributed by atoms with Crippen molar-refractivity contribution in [2.45, 2.75) is 25.3 Å². The van der Waals surface area contributed by atoms with Gasteiger partial charge in [-0.25, -0.2) is 12.7 Å². The van der Waals surface area contributed by atoms with Gasteiger partial charge in [0.05, 0.1) is 17.4 Å². The van der Waals surface area contributed by atoms with Crippen LogP contribution < -0.4 is 5.32 Å². The number of nitrogens with zero attached hydrogens (tertiary/aromatic N) is 2. The van der Waals surface area contributed by atoms with Crippen LogP contribution in [0.1, 0.15) is 40.0 Å². The predicted octanol–water partition coefficient (Wildman–Crippen LogP) is 0.213. The van der Waals surface area contributed by atoms with E-state index in [4.69, 9.17) is 0 Å². The highest BCUT2D eigenvalue weighted by atomic mass is 32.2. The highest BCUT2D eigenvalue weighted by molar-refractivity contribution is 7.88. The molecule has 0 radical (unpaired) electrons. The van der Waals surface area contributed by atoms with Crippen LogP contribution >= 0.6 is 0 Å². The molecule has 0 saturated carbocycles. The van der Waals surface area contributed by atoms with Crippen molar-refractivity contribution in [1.29, 1.82) is 0 Å². The quantitative estimate of drug-likeness (QED) is 0.737. The fourth-order valence-corrected chi connectivity index (χ4v) is 4.16. The summed E-state index contributed by atoms with van der Waals surface area (Å²) in [7, 11) is -3.20. The molecule has 26 heavy (non-hydrogen) atoms. The minimum Gasteiger partial charge on any atom is -0.353 e. The fraction of sp³-hybridized carbons (Fsp3) is 0.471. The zero-order valence-electron chi connectivity index (χ0n) is 14.5. The Morgan fingerprint density at radius 1 is 1.12 bits per heavy atom. The highest BCUT2D eigenvalue weighted by Crippen LogP contribution is 2.22. The number of fused-ring (bicyclic) bond motifs is 1. The lowest BCUT2D eigenvalue weighted by atomic mass is 10.1. The normalized spacial score (nSPS) is 18.9. The van der Waals surface area contributed by atoms with Crippen LogP contribution in [-0.4, -0.2) is 67.3 Å². The lowest BCUT2D eigenvalue weighted by Gasteiger charge is -2.30. The van der Waals surface area contributed by atoms with E-state index in [0.717, 1.165) is 4.90 Å². The van der Waals surface area contributed by atoms with Crippen molar-refractivity contribution in [2.75, 3.05) is 25.9 Å². The summed E-state index contributed by atoms with van der Waals surface area (Å²) < 4.78 is 24.4. The zero-order chi connectivity index (χ0) is 18.9. The van der Waals surface area contributed by atoms with Gasteiger partial charge in [-0.2, -0.15) is 0 Å². The van der Waals surface area contributed by atoms with E-state index in [1.807, 2.05) is 0 Å². The Hall–Kier alpha value is -2.26. The number of piperidine rings is 1. The van der Waals surface area contributed by atoms with Gasteiger partial charge >= 0.3 is 0 Å². The molecular formula is C17H21N3O5S. The summed E-state index contributed by atoms with van der Waals surface area (Å²) in [5, 5.41) is 2.86. The standard InChI is InChI=1S/C17H21N3O5S/c1-26(24,25)19-9-6-12(7-10-19)18-15(21)8-11-20-16(22)13-4-2-3-5-14(13)17(20)23/h2-5,12H,6-11H2,1H3,(H,18,21). The molecule has 3 rings (SSSR count). The average molecular weight is 379 g/mol. The molecule has 0 aliphatic carbocycles. The number of hydrogen-bond donors (Lipinski definition) is 1. The van der Waals surface area contributed by atoms with Crippen LogP contribution in [0.25, 0.3) is 0 Å². The Balaban J connectivity index is 1.49. The minimum atomic E-state index is -3.20. The van der Waals surface area contributed by atoms with E-state index in [1.54, 1.807) is 24.3 Å². The summed E-state index contributed by atoms with van der Waals surface area (Å²) in [4.78, 5) is 37.7. The molecule has 1 N–H and O–H groups in total. The van der Waals surface area contributed by atoms with Gasteiger partial charge in [0, 0.05) is 32.1 Å². The smallest absolute Gasteiger partial charge is 0.261 e. The second-order valence-corrected chi connectivity index (χ2v) is 8.54. The van der Waals surface area contributed by atoms with Crippen molar-refractivity contribution in [3.63, 3.8) is 0 Å². The van der Waals surface area contributed by atoms with Crippen molar-refractivity contribution in [3.05, 3.63) is 35.4 Å². The molecule has 8 nitrogen and oxygen atoms in total. The molecule has 1 aromatic rings. The van der Waals surface area contributed by atoms with Crippen LogP contribution in [-0.2, 0) is 14.8 Å². The molecule has 0 bridgehead atoms. The maximum absolute atomic E-state index is 12.3. The Bertz CT molecular complexity index is 809. The monoisotopic (exact) mass is 379 g/mol. The molecule has 9 heteroatoms. The van der Waals surface area contributed by atoms with E-state index in [2.05, 4.69) is 5.32 Å². The molecule has 2 aliphatic rings. The third-order valence-electron chi connectivity index (χ3n) is 4.73. The molecule has 3 amide bonds. The van der Waals surface area contributed by atoms with Gasteiger partial charge in [-0.15, -0.1) is 0 Å². The number of sulfonamides is 1. The molecule has 1 fully saturated rings. The van der Waals surface area contributed by atoms with Crippen molar-refractivity contribution in [3.8, 4) is 0 Å². The van der Waals surface area contributed by atoms with Gasteiger partial charge < -0.3 is 5.32 Å². The number of hydrogen-bond acceptors (Lipinski definition) is 5. The van der Waals surface area contributed by atoms with E-state index < -0.39 is 10.0 Å². The molecule has 0 aromatic heterocycles. The number of carbonyl (C=O) groups excluding carboxylic acids is 3. The number of imide groups is 1. The van der Waals surface area contributed by atoms with Crippen LogP contribution in [0.4, 0.5) is 0 Å². The first kappa shape index (κ1) is 18.5. The summed E-state index contributed by atoms with van der Waals surface area (Å²) in [6.45, 7) is 0.782. The number of amides is 3. The van der Waals surface area contributed by atoms with Crippen molar-refractivity contribution in [2.24, 2.45) is 0 Å². The first-order valence-electron chi connectivity index (χ1n) is 8.47. The van der Waals surface area contributed by atoms with Gasteiger partial charge in [-0.1, -0.05) is 12.1 Å². The second-order valence-electron chi connectivity index (χ2n) is 6.56. The average Bonchev–Trinajstić information content (AvgIpc) is 2.84. The molecule has 1 saturated heterocycles. The van der Waals surface area contributed by atoms with Gasteiger partial charge in [0.2, 0.25) is 15.9 Å². The van der Waals surface area contributed by atoms with Crippen molar-refractivity contribution in [1.82, 2.24) is 14.5 Å². The summed E-state index contributed by atoms with van der Waals surface area (Å²) in [5.74, 6) is -1.00. The maximum Gasteiger partial charge on any atom is 0.261 e. The zero-order valence-corrected chi connectivity index (χ0v) is 15.3. The van der Waals surface area contributed by atoms with Gasteiger partial charge in [0.25, 0.3) is 11.8 Å². The Labute approximate surface area is 152 Å². The first-order valence-corrected chi connectivity index (χ1v) is 10.3. The molecule has 0 spiro atoms. The fourth-order valence-electron chi connectivity index (χ4n) is 3.29. The Kier molecular flexibility index (Phi) is 5.10. The van der Waals surface area contributed by atoms with Crippen molar-refractivity contribution < 1.29 is 22.8 Å². The summed E-state index contributed by atoms with van der Waals surface area (Å²) >= 11 is 0. The third-order valence-corrected chi connectivity index (χ3v) is 6.03. The van der Waals surface area contributed by atoms with Crippen LogP contribution in [0.2, 0.25) is 0 Å². The van der Waals surface area contributed by atoms with Crippen molar-refractivity contribution >= 4 is 27.7 Å². The van der Waals surface area contributed by atoms with E-state index in [-0.39, 0.29) is 36.7 Å². The highest BCUT2D eigenvalue weighted by Gasteiger charge is 2.35. The number of nitrogens with one attached hydrogen (secondary N) is 1. The predicted molar refractivity (Wildman–Crippen MR) is 94.0 cm³/mol. The minimum absolute atomic E-state index is 0.0256. The van der Waals surface area contributed by atoms with E-state index in [9.17, 15) is 22.8 Å². The second kappa shape index (κ2) is 7.16. The van der Waals surface area contributed by atoms with Crippen LogP contribution in [0, 0.1) is 0 Å². The van der Waals surface area contributed by atoms with E-state index in [0.29, 0.717) is 37.1 Å². The van der Waals surface area contributed by atoms with Crippen LogP contribution in [0.15, 0.2) is 24.3 Å². The lowest BCUT2D eigenvalue weighted by Crippen LogP contribution is -2.46. The molecule has 2 aliphatic heterocycles. The van der Waals surface area contributed by atoms with Crippen LogP contribution in [0.5, 0.6) is 0 Å². The molecule has 140 valence electrons.